The molecule has 1 N–H and O–H groups in total. The molecule has 0 aromatic rings. The first-order chi connectivity index (χ1) is 6.43. The maximum atomic E-state index is 11.5. The first kappa shape index (κ1) is 12.3. The summed E-state index contributed by atoms with van der Waals surface area (Å²) in [5.74, 6) is 2.04. The van der Waals surface area contributed by atoms with E-state index in [1.54, 1.807) is 25.6 Å². The number of hydrogen-bond acceptors (Lipinski definition) is 4. The lowest BCUT2D eigenvalue weighted by Gasteiger charge is -2.14. The topological polar surface area (TPSA) is 54.4 Å². The molecule has 0 saturated carbocycles. The van der Waals surface area contributed by atoms with Gasteiger partial charge in [0.25, 0.3) is 0 Å². The van der Waals surface area contributed by atoms with Crippen molar-refractivity contribution in [2.45, 2.75) is 31.6 Å². The summed E-state index contributed by atoms with van der Waals surface area (Å²) >= 11 is 1.70. The molecule has 1 aliphatic heterocycles. The summed E-state index contributed by atoms with van der Waals surface area (Å²) in [6.07, 6.45) is 0.302. The normalized spacial score (nSPS) is 28.6. The minimum Gasteiger partial charge on any atom is -0.392 e. The molecule has 2 unspecified atom stereocenters. The fraction of sp³-hybridized carbons (Fsp3) is 1.00. The average Bonchev–Trinajstić information content (AvgIpc) is 2.47. The fourth-order valence-electron chi connectivity index (χ4n) is 1.41. The highest BCUT2D eigenvalue weighted by Crippen LogP contribution is 2.27. The van der Waals surface area contributed by atoms with Gasteiger partial charge in [-0.1, -0.05) is 0 Å². The summed E-state index contributed by atoms with van der Waals surface area (Å²) in [5.41, 5.74) is 0. The van der Waals surface area contributed by atoms with Gasteiger partial charge in [-0.3, -0.25) is 0 Å². The molecule has 14 heavy (non-hydrogen) atoms. The highest BCUT2D eigenvalue weighted by molar-refractivity contribution is 7.99. The molecule has 0 aromatic heterocycles. The van der Waals surface area contributed by atoms with Crippen LogP contribution in [0.5, 0.6) is 0 Å². The molecule has 3 nitrogen and oxygen atoms in total. The SMILES string of the molecule is CC(C)S(=O)(=O)CCC1CSCC1O. The van der Waals surface area contributed by atoms with Crippen LogP contribution in [0.25, 0.3) is 0 Å². The van der Waals surface area contributed by atoms with Crippen molar-refractivity contribution in [1.82, 2.24) is 0 Å². The van der Waals surface area contributed by atoms with E-state index in [2.05, 4.69) is 0 Å². The van der Waals surface area contributed by atoms with Crippen LogP contribution in [-0.4, -0.2) is 42.1 Å². The number of thioether (sulfide) groups is 1. The zero-order chi connectivity index (χ0) is 10.8. The Morgan fingerprint density at radius 3 is 2.50 bits per heavy atom. The molecule has 1 fully saturated rings. The van der Waals surface area contributed by atoms with Gasteiger partial charge in [0, 0.05) is 5.75 Å². The van der Waals surface area contributed by atoms with Gasteiger partial charge in [-0.15, -0.1) is 0 Å². The van der Waals surface area contributed by atoms with E-state index in [1.165, 1.54) is 0 Å². The highest BCUT2D eigenvalue weighted by Gasteiger charge is 2.27. The van der Waals surface area contributed by atoms with E-state index in [0.717, 1.165) is 11.5 Å². The molecule has 1 heterocycles. The Balaban J connectivity index is 2.40. The molecule has 0 bridgehead atoms. The Morgan fingerprint density at radius 1 is 1.43 bits per heavy atom. The Kier molecular flexibility index (Phi) is 4.28. The largest absolute Gasteiger partial charge is 0.392 e. The first-order valence-corrected chi connectivity index (χ1v) is 7.78. The second-order valence-electron chi connectivity index (χ2n) is 4.07. The second-order valence-corrected chi connectivity index (χ2v) is 7.82. The van der Waals surface area contributed by atoms with Gasteiger partial charge in [-0.05, 0) is 31.9 Å². The zero-order valence-corrected chi connectivity index (χ0v) is 10.3. The van der Waals surface area contributed by atoms with Crippen molar-refractivity contribution >= 4 is 21.6 Å². The van der Waals surface area contributed by atoms with Gasteiger partial charge in [0.1, 0.15) is 0 Å². The van der Waals surface area contributed by atoms with E-state index in [9.17, 15) is 13.5 Å². The third kappa shape index (κ3) is 3.14. The van der Waals surface area contributed by atoms with Gasteiger partial charge in [-0.2, -0.15) is 11.8 Å². The molecule has 0 aromatic carbocycles. The zero-order valence-electron chi connectivity index (χ0n) is 8.64. The minimum absolute atomic E-state index is 0.175. The predicted molar refractivity (Wildman–Crippen MR) is 60.4 cm³/mol. The number of sulfone groups is 1. The molecule has 1 saturated heterocycles. The van der Waals surface area contributed by atoms with Gasteiger partial charge >= 0.3 is 0 Å². The van der Waals surface area contributed by atoms with Crippen molar-refractivity contribution < 1.29 is 13.5 Å². The average molecular weight is 238 g/mol. The molecule has 84 valence electrons. The fourth-order valence-corrected chi connectivity index (χ4v) is 3.86. The van der Waals surface area contributed by atoms with Gasteiger partial charge in [0.2, 0.25) is 0 Å². The summed E-state index contributed by atoms with van der Waals surface area (Å²) < 4.78 is 23.0. The van der Waals surface area contributed by atoms with Crippen LogP contribution >= 0.6 is 11.8 Å². The molecular formula is C9H18O3S2. The Morgan fingerprint density at radius 2 is 2.07 bits per heavy atom. The van der Waals surface area contributed by atoms with Crippen molar-refractivity contribution in [2.24, 2.45) is 5.92 Å². The maximum Gasteiger partial charge on any atom is 0.152 e. The van der Waals surface area contributed by atoms with Gasteiger partial charge in [-0.25, -0.2) is 8.42 Å². The third-order valence-corrected chi connectivity index (χ3v) is 6.14. The summed E-state index contributed by atoms with van der Waals surface area (Å²) in [6, 6.07) is 0. The second kappa shape index (κ2) is 4.86. The van der Waals surface area contributed by atoms with E-state index >= 15 is 0 Å². The monoisotopic (exact) mass is 238 g/mol. The van der Waals surface area contributed by atoms with Crippen molar-refractivity contribution in [3.63, 3.8) is 0 Å². The lowest BCUT2D eigenvalue weighted by atomic mass is 10.0. The summed E-state index contributed by atoms with van der Waals surface area (Å²) in [4.78, 5) is 0. The molecule has 0 radical (unpaired) electrons. The number of aliphatic hydroxyl groups excluding tert-OH is 1. The van der Waals surface area contributed by atoms with E-state index in [4.69, 9.17) is 0 Å². The van der Waals surface area contributed by atoms with Crippen LogP contribution in [0.2, 0.25) is 0 Å². The summed E-state index contributed by atoms with van der Waals surface area (Å²) in [5, 5.41) is 9.21. The van der Waals surface area contributed by atoms with Gasteiger partial charge in [0.05, 0.1) is 17.1 Å². The number of rotatable bonds is 4. The van der Waals surface area contributed by atoms with E-state index in [-0.39, 0.29) is 23.0 Å². The first-order valence-electron chi connectivity index (χ1n) is 4.91. The minimum atomic E-state index is -2.93. The van der Waals surface area contributed by atoms with Crippen LogP contribution in [0.3, 0.4) is 0 Å². The standard InChI is InChI=1S/C9H18O3S2/c1-7(2)14(11,12)4-3-8-5-13-6-9(8)10/h7-10H,3-6H2,1-2H3. The maximum absolute atomic E-state index is 11.5. The Bertz CT molecular complexity index is 272. The van der Waals surface area contributed by atoms with Crippen molar-refractivity contribution in [3.8, 4) is 0 Å². The van der Waals surface area contributed by atoms with Crippen LogP contribution in [0, 0.1) is 5.92 Å². The molecule has 0 amide bonds. The molecule has 0 spiro atoms. The predicted octanol–water partition coefficient (Wildman–Crippen LogP) is 0.924. The van der Waals surface area contributed by atoms with Crippen LogP contribution < -0.4 is 0 Å². The lowest BCUT2D eigenvalue weighted by Crippen LogP contribution is -2.24. The van der Waals surface area contributed by atoms with E-state index < -0.39 is 9.84 Å². The third-order valence-electron chi connectivity index (χ3n) is 2.66. The molecular weight excluding hydrogens is 220 g/mol. The van der Waals surface area contributed by atoms with Gasteiger partial charge in [0.15, 0.2) is 9.84 Å². The molecule has 1 aliphatic rings. The highest BCUT2D eigenvalue weighted by atomic mass is 32.2. The van der Waals surface area contributed by atoms with E-state index in [1.807, 2.05) is 0 Å². The van der Waals surface area contributed by atoms with Crippen LogP contribution in [0.1, 0.15) is 20.3 Å². The smallest absolute Gasteiger partial charge is 0.152 e. The summed E-state index contributed by atoms with van der Waals surface area (Å²) in [7, 11) is -2.93. The van der Waals surface area contributed by atoms with Crippen LogP contribution in [-0.2, 0) is 9.84 Å². The van der Waals surface area contributed by atoms with E-state index in [0.29, 0.717) is 6.42 Å². The molecule has 0 aliphatic carbocycles. The number of aliphatic hydroxyl groups is 1. The summed E-state index contributed by atoms with van der Waals surface area (Å²) in [6.45, 7) is 3.41. The Labute approximate surface area is 90.2 Å². The quantitative estimate of drug-likeness (QED) is 0.791. The molecule has 1 rings (SSSR count). The van der Waals surface area contributed by atoms with Crippen molar-refractivity contribution in [2.75, 3.05) is 17.3 Å². The van der Waals surface area contributed by atoms with Crippen LogP contribution in [0.4, 0.5) is 0 Å². The van der Waals surface area contributed by atoms with Crippen molar-refractivity contribution in [3.05, 3.63) is 0 Å². The van der Waals surface area contributed by atoms with Crippen molar-refractivity contribution in [1.29, 1.82) is 0 Å². The van der Waals surface area contributed by atoms with Crippen LogP contribution in [0.15, 0.2) is 0 Å². The number of hydrogen-bond donors (Lipinski definition) is 1. The lowest BCUT2D eigenvalue weighted by molar-refractivity contribution is 0.148. The van der Waals surface area contributed by atoms with Gasteiger partial charge < -0.3 is 5.11 Å². The Hall–Kier alpha value is 0.260. The molecule has 5 heteroatoms. The molecule has 2 atom stereocenters.